The highest BCUT2D eigenvalue weighted by Crippen LogP contribution is 2.14. The fourth-order valence-corrected chi connectivity index (χ4v) is 1.77. The highest BCUT2D eigenvalue weighted by Gasteiger charge is 2.20. The van der Waals surface area contributed by atoms with Gasteiger partial charge in [0.1, 0.15) is 0 Å². The third-order valence-electron chi connectivity index (χ3n) is 2.67. The number of rotatable bonds is 2. The van der Waals surface area contributed by atoms with Gasteiger partial charge < -0.3 is 10.6 Å². The molecule has 1 aliphatic rings. The van der Waals surface area contributed by atoms with Crippen molar-refractivity contribution in [3.8, 4) is 0 Å². The van der Waals surface area contributed by atoms with E-state index in [2.05, 4.69) is 27.5 Å². The zero-order valence-electron chi connectivity index (χ0n) is 8.40. The first kappa shape index (κ1) is 9.40. The summed E-state index contributed by atoms with van der Waals surface area (Å²) in [7, 11) is 0. The summed E-state index contributed by atoms with van der Waals surface area (Å²) in [6, 6.07) is 2.33. The second-order valence-corrected chi connectivity index (χ2v) is 3.79. The molecule has 1 saturated heterocycles. The van der Waals surface area contributed by atoms with Crippen molar-refractivity contribution < 1.29 is 0 Å². The van der Waals surface area contributed by atoms with Crippen molar-refractivity contribution in [3.63, 3.8) is 0 Å². The molecule has 0 saturated carbocycles. The fourth-order valence-electron chi connectivity index (χ4n) is 1.77. The van der Waals surface area contributed by atoms with Crippen LogP contribution in [0.1, 0.15) is 13.3 Å². The summed E-state index contributed by atoms with van der Waals surface area (Å²) in [5.74, 6) is 1.37. The summed E-state index contributed by atoms with van der Waals surface area (Å²) in [5.41, 5.74) is 0. The van der Waals surface area contributed by atoms with Crippen molar-refractivity contribution in [3.05, 3.63) is 18.5 Å². The minimum absolute atomic E-state index is 0.499. The maximum Gasteiger partial charge on any atom is 0.222 e. The van der Waals surface area contributed by atoms with Crippen LogP contribution in [0, 0.1) is 5.92 Å². The minimum atomic E-state index is 0.499. The molecule has 0 bridgehead atoms. The number of anilines is 1. The normalized spacial score (nSPS) is 27.2. The van der Waals surface area contributed by atoms with Crippen molar-refractivity contribution in [2.45, 2.75) is 19.4 Å². The van der Waals surface area contributed by atoms with Gasteiger partial charge in [0.05, 0.1) is 0 Å². The van der Waals surface area contributed by atoms with E-state index in [0.29, 0.717) is 12.0 Å². The Morgan fingerprint density at radius 1 is 1.43 bits per heavy atom. The number of hydrogen-bond acceptors (Lipinski definition) is 4. The topological polar surface area (TPSA) is 49.8 Å². The molecule has 0 spiro atoms. The summed E-state index contributed by atoms with van der Waals surface area (Å²) < 4.78 is 0. The Bertz CT molecular complexity index is 275. The van der Waals surface area contributed by atoms with Crippen molar-refractivity contribution >= 4 is 5.95 Å². The van der Waals surface area contributed by atoms with Gasteiger partial charge in [-0.05, 0) is 31.5 Å². The standard InChI is InChI=1S/C10H16N4/c1-8-7-11-6-3-9(8)14-10-12-4-2-5-13-10/h2,4-5,8-9,11H,3,6-7H2,1H3,(H,12,13,14). The molecular formula is C10H16N4. The number of aromatic nitrogens is 2. The van der Waals surface area contributed by atoms with E-state index in [9.17, 15) is 0 Å². The van der Waals surface area contributed by atoms with Crippen molar-refractivity contribution in [2.24, 2.45) is 5.92 Å². The zero-order chi connectivity index (χ0) is 9.80. The van der Waals surface area contributed by atoms with E-state index in [0.717, 1.165) is 25.5 Å². The number of nitrogens with one attached hydrogen (secondary N) is 2. The largest absolute Gasteiger partial charge is 0.351 e. The molecule has 1 fully saturated rings. The molecule has 2 N–H and O–H groups in total. The smallest absolute Gasteiger partial charge is 0.222 e. The van der Waals surface area contributed by atoms with E-state index in [-0.39, 0.29) is 0 Å². The third kappa shape index (κ3) is 2.20. The molecule has 14 heavy (non-hydrogen) atoms. The second kappa shape index (κ2) is 4.37. The molecule has 76 valence electrons. The first-order chi connectivity index (χ1) is 6.86. The Labute approximate surface area is 84.2 Å². The molecule has 1 aromatic heterocycles. The number of piperidine rings is 1. The number of hydrogen-bond donors (Lipinski definition) is 2. The van der Waals surface area contributed by atoms with Crippen LogP contribution in [-0.4, -0.2) is 29.1 Å². The SMILES string of the molecule is CC1CNCCC1Nc1ncccn1. The highest BCUT2D eigenvalue weighted by atomic mass is 15.1. The lowest BCUT2D eigenvalue weighted by atomic mass is 9.95. The molecule has 4 heteroatoms. The Hall–Kier alpha value is -1.16. The van der Waals surface area contributed by atoms with Gasteiger partial charge in [0.15, 0.2) is 0 Å². The minimum Gasteiger partial charge on any atom is -0.351 e. The molecule has 0 aliphatic carbocycles. The van der Waals surface area contributed by atoms with Crippen LogP contribution in [0.25, 0.3) is 0 Å². The highest BCUT2D eigenvalue weighted by molar-refractivity contribution is 5.24. The van der Waals surface area contributed by atoms with Gasteiger partial charge in [-0.3, -0.25) is 0 Å². The van der Waals surface area contributed by atoms with Crippen molar-refractivity contribution in [1.29, 1.82) is 0 Å². The fraction of sp³-hybridized carbons (Fsp3) is 0.600. The van der Waals surface area contributed by atoms with E-state index < -0.39 is 0 Å². The first-order valence-electron chi connectivity index (χ1n) is 5.10. The third-order valence-corrected chi connectivity index (χ3v) is 2.67. The monoisotopic (exact) mass is 192 g/mol. The van der Waals surface area contributed by atoms with Gasteiger partial charge in [0.25, 0.3) is 0 Å². The summed E-state index contributed by atoms with van der Waals surface area (Å²) in [4.78, 5) is 8.33. The Kier molecular flexibility index (Phi) is 2.93. The maximum atomic E-state index is 4.16. The maximum absolute atomic E-state index is 4.16. The lowest BCUT2D eigenvalue weighted by molar-refractivity contribution is 0.367. The predicted molar refractivity (Wildman–Crippen MR) is 56.1 cm³/mol. The van der Waals surface area contributed by atoms with Gasteiger partial charge in [-0.15, -0.1) is 0 Å². The van der Waals surface area contributed by atoms with Gasteiger partial charge in [0, 0.05) is 18.4 Å². The first-order valence-corrected chi connectivity index (χ1v) is 5.10. The predicted octanol–water partition coefficient (Wildman–Crippen LogP) is 0.886. The lowest BCUT2D eigenvalue weighted by Gasteiger charge is -2.30. The van der Waals surface area contributed by atoms with Crippen LogP contribution < -0.4 is 10.6 Å². The molecule has 0 aromatic carbocycles. The van der Waals surface area contributed by atoms with Crippen LogP contribution in [0.15, 0.2) is 18.5 Å². The molecular weight excluding hydrogens is 176 g/mol. The summed E-state index contributed by atoms with van der Waals surface area (Å²) in [5, 5.41) is 6.74. The summed E-state index contributed by atoms with van der Waals surface area (Å²) in [6.45, 7) is 4.39. The van der Waals surface area contributed by atoms with Crippen LogP contribution in [0.3, 0.4) is 0 Å². The van der Waals surface area contributed by atoms with Gasteiger partial charge in [-0.2, -0.15) is 0 Å². The van der Waals surface area contributed by atoms with Gasteiger partial charge in [-0.1, -0.05) is 6.92 Å². The van der Waals surface area contributed by atoms with Crippen molar-refractivity contribution in [2.75, 3.05) is 18.4 Å². The Balaban J connectivity index is 1.96. The molecule has 1 aliphatic heterocycles. The quantitative estimate of drug-likeness (QED) is 0.730. The average molecular weight is 192 g/mol. The zero-order valence-corrected chi connectivity index (χ0v) is 8.40. The molecule has 2 rings (SSSR count). The molecule has 0 amide bonds. The van der Waals surface area contributed by atoms with Gasteiger partial charge in [-0.25, -0.2) is 9.97 Å². The van der Waals surface area contributed by atoms with Crippen LogP contribution >= 0.6 is 0 Å². The Morgan fingerprint density at radius 2 is 2.21 bits per heavy atom. The van der Waals surface area contributed by atoms with Gasteiger partial charge in [0.2, 0.25) is 5.95 Å². The van der Waals surface area contributed by atoms with Crippen molar-refractivity contribution in [1.82, 2.24) is 15.3 Å². The second-order valence-electron chi connectivity index (χ2n) is 3.79. The molecule has 1 aromatic rings. The van der Waals surface area contributed by atoms with E-state index in [1.54, 1.807) is 12.4 Å². The van der Waals surface area contributed by atoms with E-state index in [1.807, 2.05) is 6.07 Å². The number of nitrogens with zero attached hydrogens (tertiary/aromatic N) is 2. The molecule has 4 nitrogen and oxygen atoms in total. The van der Waals surface area contributed by atoms with E-state index in [4.69, 9.17) is 0 Å². The van der Waals surface area contributed by atoms with Crippen LogP contribution in [-0.2, 0) is 0 Å². The van der Waals surface area contributed by atoms with Crippen LogP contribution in [0.5, 0.6) is 0 Å². The van der Waals surface area contributed by atoms with E-state index >= 15 is 0 Å². The lowest BCUT2D eigenvalue weighted by Crippen LogP contribution is -2.42. The van der Waals surface area contributed by atoms with Crippen LogP contribution in [0.2, 0.25) is 0 Å². The molecule has 0 radical (unpaired) electrons. The summed E-state index contributed by atoms with van der Waals surface area (Å²) >= 11 is 0. The average Bonchev–Trinajstić information content (AvgIpc) is 2.23. The van der Waals surface area contributed by atoms with Gasteiger partial charge >= 0.3 is 0 Å². The summed E-state index contributed by atoms with van der Waals surface area (Å²) in [6.07, 6.45) is 4.67. The van der Waals surface area contributed by atoms with Crippen LogP contribution in [0.4, 0.5) is 5.95 Å². The molecule has 2 unspecified atom stereocenters. The molecule has 2 heterocycles. The Morgan fingerprint density at radius 3 is 2.93 bits per heavy atom. The molecule has 2 atom stereocenters. The van der Waals surface area contributed by atoms with E-state index in [1.165, 1.54) is 0 Å².